The third-order valence-corrected chi connectivity index (χ3v) is 9.93. The third-order valence-electron chi connectivity index (χ3n) is 9.93. The topological polar surface area (TPSA) is 51.8 Å². The van der Waals surface area contributed by atoms with Gasteiger partial charge in [-0.1, -0.05) is 164 Å². The second kappa shape index (κ2) is 12.9. The molecular formula is C49H31N3O. The minimum atomic E-state index is 0.639. The van der Waals surface area contributed by atoms with Crippen molar-refractivity contribution in [2.75, 3.05) is 0 Å². The fraction of sp³-hybridized carbons (Fsp3) is 0. The van der Waals surface area contributed by atoms with Crippen LogP contribution in [-0.4, -0.2) is 15.0 Å². The van der Waals surface area contributed by atoms with Crippen molar-refractivity contribution in [2.24, 2.45) is 0 Å². The molecule has 0 radical (unpaired) electrons. The minimum absolute atomic E-state index is 0.639. The zero-order chi connectivity index (χ0) is 35.1. The Morgan fingerprint density at radius 1 is 0.283 bits per heavy atom. The number of furan rings is 1. The predicted molar refractivity (Wildman–Crippen MR) is 217 cm³/mol. The van der Waals surface area contributed by atoms with E-state index in [0.717, 1.165) is 71.7 Å². The lowest BCUT2D eigenvalue weighted by Gasteiger charge is -2.12. The minimum Gasteiger partial charge on any atom is -0.455 e. The van der Waals surface area contributed by atoms with Gasteiger partial charge in [-0.05, 0) is 63.0 Å². The lowest BCUT2D eigenvalue weighted by Crippen LogP contribution is -2.00. The van der Waals surface area contributed by atoms with E-state index in [0.29, 0.717) is 17.5 Å². The average molecular weight is 678 g/mol. The van der Waals surface area contributed by atoms with Crippen molar-refractivity contribution in [3.8, 4) is 67.5 Å². The molecule has 8 aromatic carbocycles. The molecule has 2 heterocycles. The van der Waals surface area contributed by atoms with Crippen molar-refractivity contribution in [1.29, 1.82) is 0 Å². The average Bonchev–Trinajstić information content (AvgIpc) is 3.63. The summed E-state index contributed by atoms with van der Waals surface area (Å²) < 4.78 is 6.54. The second-order valence-electron chi connectivity index (χ2n) is 13.2. The van der Waals surface area contributed by atoms with Crippen LogP contribution >= 0.6 is 0 Å². The molecule has 10 rings (SSSR count). The number of aromatic nitrogens is 3. The largest absolute Gasteiger partial charge is 0.455 e. The molecule has 10 aromatic rings. The predicted octanol–water partition coefficient (Wildman–Crippen LogP) is 12.9. The fourth-order valence-electron chi connectivity index (χ4n) is 7.26. The summed E-state index contributed by atoms with van der Waals surface area (Å²) in [7, 11) is 0. The number of para-hydroxylation sites is 1. The molecule has 4 heteroatoms. The molecule has 0 spiro atoms. The molecule has 0 aliphatic rings. The fourth-order valence-corrected chi connectivity index (χ4v) is 7.26. The summed E-state index contributed by atoms with van der Waals surface area (Å²) in [5.74, 6) is 1.94. The van der Waals surface area contributed by atoms with Crippen LogP contribution in [0.15, 0.2) is 192 Å². The summed E-state index contributed by atoms with van der Waals surface area (Å²) in [6.45, 7) is 0. The lowest BCUT2D eigenvalue weighted by atomic mass is 9.91. The van der Waals surface area contributed by atoms with Crippen LogP contribution in [-0.2, 0) is 0 Å². The maximum absolute atomic E-state index is 6.54. The van der Waals surface area contributed by atoms with Crippen molar-refractivity contribution in [3.63, 3.8) is 0 Å². The third kappa shape index (κ3) is 5.63. The van der Waals surface area contributed by atoms with E-state index >= 15 is 0 Å². The Bertz CT molecular complexity index is 2860. The highest BCUT2D eigenvalue weighted by Gasteiger charge is 2.17. The van der Waals surface area contributed by atoms with E-state index in [1.165, 1.54) is 11.1 Å². The zero-order valence-electron chi connectivity index (χ0n) is 28.6. The second-order valence-corrected chi connectivity index (χ2v) is 13.2. The van der Waals surface area contributed by atoms with E-state index in [1.54, 1.807) is 0 Å². The van der Waals surface area contributed by atoms with E-state index in [4.69, 9.17) is 19.4 Å². The van der Waals surface area contributed by atoms with Gasteiger partial charge in [0.05, 0.1) is 0 Å². The van der Waals surface area contributed by atoms with Crippen LogP contribution in [0.5, 0.6) is 0 Å². The summed E-state index contributed by atoms with van der Waals surface area (Å²) >= 11 is 0. The highest BCUT2D eigenvalue weighted by atomic mass is 16.3. The Labute approximate surface area is 306 Å². The highest BCUT2D eigenvalue weighted by molar-refractivity contribution is 6.19. The first-order chi connectivity index (χ1) is 26.2. The Balaban J connectivity index is 1.07. The van der Waals surface area contributed by atoms with Crippen molar-refractivity contribution >= 4 is 32.7 Å². The van der Waals surface area contributed by atoms with Gasteiger partial charge >= 0.3 is 0 Å². The van der Waals surface area contributed by atoms with Gasteiger partial charge < -0.3 is 4.42 Å². The van der Waals surface area contributed by atoms with Gasteiger partial charge in [-0.25, -0.2) is 15.0 Å². The molecule has 0 aliphatic carbocycles. The Morgan fingerprint density at radius 2 is 0.736 bits per heavy atom. The maximum Gasteiger partial charge on any atom is 0.164 e. The summed E-state index contributed by atoms with van der Waals surface area (Å²) in [5, 5.41) is 4.49. The van der Waals surface area contributed by atoms with Crippen molar-refractivity contribution < 1.29 is 4.42 Å². The summed E-state index contributed by atoms with van der Waals surface area (Å²) in [5.41, 5.74) is 11.5. The first kappa shape index (κ1) is 30.6. The molecule has 0 amide bonds. The normalized spacial score (nSPS) is 11.4. The van der Waals surface area contributed by atoms with Gasteiger partial charge in [-0.3, -0.25) is 0 Å². The lowest BCUT2D eigenvalue weighted by molar-refractivity contribution is 0.672. The molecule has 53 heavy (non-hydrogen) atoms. The molecule has 0 unspecified atom stereocenters. The van der Waals surface area contributed by atoms with Gasteiger partial charge in [0.15, 0.2) is 17.5 Å². The van der Waals surface area contributed by atoms with Crippen LogP contribution in [0.25, 0.3) is 100 Å². The number of benzene rings is 8. The SMILES string of the molecule is c1ccc(-c2ccc3c(-c4cccc(-c5ccc(-c6nc(-c7ccccc7)nc(-c7ccccc7)n6)cc5)c4)cc4c5ccccc5oc4c3c2)cc1. The van der Waals surface area contributed by atoms with Gasteiger partial charge in [0.2, 0.25) is 0 Å². The van der Waals surface area contributed by atoms with Gasteiger partial charge in [-0.2, -0.15) is 0 Å². The number of hydrogen-bond acceptors (Lipinski definition) is 4. The molecule has 2 aromatic heterocycles. The molecule has 0 bridgehead atoms. The Morgan fingerprint density at radius 3 is 1.40 bits per heavy atom. The van der Waals surface area contributed by atoms with Gasteiger partial charge in [0.1, 0.15) is 11.2 Å². The molecular weight excluding hydrogens is 647 g/mol. The van der Waals surface area contributed by atoms with E-state index in [1.807, 2.05) is 72.8 Å². The van der Waals surface area contributed by atoms with Crippen LogP contribution in [0.3, 0.4) is 0 Å². The van der Waals surface area contributed by atoms with Crippen LogP contribution in [0.2, 0.25) is 0 Å². The number of fused-ring (bicyclic) bond motifs is 5. The molecule has 248 valence electrons. The quantitative estimate of drug-likeness (QED) is 0.176. The van der Waals surface area contributed by atoms with E-state index in [-0.39, 0.29) is 0 Å². The molecule has 0 saturated carbocycles. The summed E-state index contributed by atoms with van der Waals surface area (Å²) in [4.78, 5) is 14.7. The Hall–Kier alpha value is -7.17. The van der Waals surface area contributed by atoms with Crippen LogP contribution < -0.4 is 0 Å². The Kier molecular flexibility index (Phi) is 7.43. The molecule has 0 atom stereocenters. The molecule has 0 fully saturated rings. The first-order valence-corrected chi connectivity index (χ1v) is 17.8. The molecule has 4 nitrogen and oxygen atoms in total. The highest BCUT2D eigenvalue weighted by Crippen LogP contribution is 2.42. The van der Waals surface area contributed by atoms with Gasteiger partial charge in [-0.15, -0.1) is 0 Å². The van der Waals surface area contributed by atoms with Crippen LogP contribution in [0, 0.1) is 0 Å². The van der Waals surface area contributed by atoms with Crippen LogP contribution in [0.4, 0.5) is 0 Å². The maximum atomic E-state index is 6.54. The van der Waals surface area contributed by atoms with Crippen molar-refractivity contribution in [3.05, 3.63) is 188 Å². The molecule has 0 N–H and O–H groups in total. The van der Waals surface area contributed by atoms with Gasteiger partial charge in [0, 0.05) is 32.8 Å². The molecule has 0 saturated heterocycles. The molecule has 0 aliphatic heterocycles. The smallest absolute Gasteiger partial charge is 0.164 e. The zero-order valence-corrected chi connectivity index (χ0v) is 28.6. The number of hydrogen-bond donors (Lipinski definition) is 0. The number of nitrogens with zero attached hydrogens (tertiary/aromatic N) is 3. The van der Waals surface area contributed by atoms with Crippen molar-refractivity contribution in [2.45, 2.75) is 0 Å². The standard InChI is InChI=1S/C49H31N3O/c1-4-13-32(14-5-1)38-27-28-40-42(31-44-41-21-10-11-22-45(41)53-46(44)43(40)30-38)39-20-12-19-37(29-39)33-23-25-36(26-24-33)49-51-47(34-15-6-2-7-16-34)50-48(52-49)35-17-8-3-9-18-35/h1-31H. The summed E-state index contributed by atoms with van der Waals surface area (Å²) in [6, 6.07) is 65.3. The van der Waals surface area contributed by atoms with E-state index < -0.39 is 0 Å². The van der Waals surface area contributed by atoms with E-state index in [2.05, 4.69) is 115 Å². The van der Waals surface area contributed by atoms with Crippen molar-refractivity contribution in [1.82, 2.24) is 15.0 Å². The monoisotopic (exact) mass is 677 g/mol. The summed E-state index contributed by atoms with van der Waals surface area (Å²) in [6.07, 6.45) is 0. The number of rotatable bonds is 6. The van der Waals surface area contributed by atoms with Crippen LogP contribution in [0.1, 0.15) is 0 Å². The first-order valence-electron chi connectivity index (χ1n) is 17.8. The van der Waals surface area contributed by atoms with E-state index in [9.17, 15) is 0 Å². The van der Waals surface area contributed by atoms with Gasteiger partial charge in [0.25, 0.3) is 0 Å².